The molecule has 0 bridgehead atoms. The highest BCUT2D eigenvalue weighted by Crippen LogP contribution is 2.00. The summed E-state index contributed by atoms with van der Waals surface area (Å²) in [7, 11) is 0. The summed E-state index contributed by atoms with van der Waals surface area (Å²) in [5.74, 6) is -0.296. The summed E-state index contributed by atoms with van der Waals surface area (Å²) in [6.07, 6.45) is 3.92. The fraction of sp³-hybridized carbons (Fsp3) is 0.357. The van der Waals surface area contributed by atoms with E-state index >= 15 is 0 Å². The highest BCUT2D eigenvalue weighted by atomic mass is 16.5. The lowest BCUT2D eigenvalue weighted by Gasteiger charge is -2.01. The molecular weight excluding hydrogens is 216 g/mol. The van der Waals surface area contributed by atoms with E-state index in [9.17, 15) is 4.79 Å². The molecule has 0 N–H and O–H groups in total. The average molecular weight is 234 g/mol. The summed E-state index contributed by atoms with van der Waals surface area (Å²) in [4.78, 5) is 10.9. The van der Waals surface area contributed by atoms with E-state index in [0.717, 1.165) is 5.56 Å². The van der Waals surface area contributed by atoms with Crippen molar-refractivity contribution in [3.63, 3.8) is 0 Å². The molecule has 0 spiro atoms. The molecule has 1 aromatic carbocycles. The lowest BCUT2D eigenvalue weighted by atomic mass is 10.2. The zero-order valence-corrected chi connectivity index (χ0v) is 10.1. The molecule has 0 aliphatic carbocycles. The Labute approximate surface area is 102 Å². The Kier molecular flexibility index (Phi) is 6.75. The lowest BCUT2D eigenvalue weighted by molar-refractivity contribution is -0.137. The predicted molar refractivity (Wildman–Crippen MR) is 66.5 cm³/mol. The minimum absolute atomic E-state index is 0.296. The SMILES string of the molecule is CCOC(=O)C=CCCOCc1ccccc1. The van der Waals surface area contributed by atoms with E-state index in [1.165, 1.54) is 6.08 Å². The van der Waals surface area contributed by atoms with Gasteiger partial charge >= 0.3 is 5.97 Å². The number of benzene rings is 1. The molecule has 0 aromatic heterocycles. The van der Waals surface area contributed by atoms with Crippen molar-refractivity contribution in [1.82, 2.24) is 0 Å². The minimum atomic E-state index is -0.296. The van der Waals surface area contributed by atoms with Crippen LogP contribution >= 0.6 is 0 Å². The Balaban J connectivity index is 2.07. The van der Waals surface area contributed by atoms with Gasteiger partial charge in [0.1, 0.15) is 0 Å². The monoisotopic (exact) mass is 234 g/mol. The number of ether oxygens (including phenoxy) is 2. The third kappa shape index (κ3) is 6.53. The van der Waals surface area contributed by atoms with Crippen molar-refractivity contribution < 1.29 is 14.3 Å². The maximum absolute atomic E-state index is 10.9. The molecule has 3 heteroatoms. The molecule has 0 aliphatic rings. The molecule has 0 radical (unpaired) electrons. The standard InChI is InChI=1S/C14H18O3/c1-2-17-14(15)10-6-7-11-16-12-13-8-4-3-5-9-13/h3-6,8-10H,2,7,11-12H2,1H3. The summed E-state index contributed by atoms with van der Waals surface area (Å²) in [6, 6.07) is 9.99. The first kappa shape index (κ1) is 13.5. The van der Waals surface area contributed by atoms with Gasteiger partial charge in [0.25, 0.3) is 0 Å². The maximum Gasteiger partial charge on any atom is 0.330 e. The van der Waals surface area contributed by atoms with Crippen LogP contribution in [0.5, 0.6) is 0 Å². The Hall–Kier alpha value is -1.61. The molecular formula is C14H18O3. The van der Waals surface area contributed by atoms with E-state index in [1.54, 1.807) is 13.0 Å². The Morgan fingerprint density at radius 1 is 1.29 bits per heavy atom. The fourth-order valence-electron chi connectivity index (χ4n) is 1.29. The van der Waals surface area contributed by atoms with Gasteiger partial charge in [0.05, 0.1) is 19.8 Å². The number of hydrogen-bond donors (Lipinski definition) is 0. The van der Waals surface area contributed by atoms with Crippen LogP contribution in [0.15, 0.2) is 42.5 Å². The second-order valence-electron chi connectivity index (χ2n) is 3.48. The van der Waals surface area contributed by atoms with Gasteiger partial charge in [-0.1, -0.05) is 36.4 Å². The third-order valence-corrected chi connectivity index (χ3v) is 2.08. The summed E-state index contributed by atoms with van der Waals surface area (Å²) in [5, 5.41) is 0. The van der Waals surface area contributed by atoms with Crippen LogP contribution in [-0.4, -0.2) is 19.2 Å². The van der Waals surface area contributed by atoms with Crippen molar-refractivity contribution in [3.8, 4) is 0 Å². The van der Waals surface area contributed by atoms with E-state index in [1.807, 2.05) is 30.3 Å². The van der Waals surface area contributed by atoms with E-state index in [2.05, 4.69) is 0 Å². The van der Waals surface area contributed by atoms with Crippen LogP contribution in [-0.2, 0) is 20.9 Å². The van der Waals surface area contributed by atoms with Crippen LogP contribution in [0.3, 0.4) is 0 Å². The molecule has 17 heavy (non-hydrogen) atoms. The van der Waals surface area contributed by atoms with Crippen LogP contribution in [0.4, 0.5) is 0 Å². The molecule has 3 nitrogen and oxygen atoms in total. The number of hydrogen-bond acceptors (Lipinski definition) is 3. The molecule has 1 rings (SSSR count). The molecule has 1 aromatic rings. The topological polar surface area (TPSA) is 35.5 Å². The quantitative estimate of drug-likeness (QED) is 0.413. The van der Waals surface area contributed by atoms with Gasteiger partial charge in [-0.15, -0.1) is 0 Å². The van der Waals surface area contributed by atoms with Gasteiger partial charge < -0.3 is 9.47 Å². The van der Waals surface area contributed by atoms with E-state index in [0.29, 0.717) is 26.2 Å². The smallest absolute Gasteiger partial charge is 0.330 e. The Bertz CT molecular complexity index is 344. The first-order chi connectivity index (χ1) is 8.33. The normalized spacial score (nSPS) is 10.6. The first-order valence-electron chi connectivity index (χ1n) is 5.78. The summed E-state index contributed by atoms with van der Waals surface area (Å²) >= 11 is 0. The third-order valence-electron chi connectivity index (χ3n) is 2.08. The highest BCUT2D eigenvalue weighted by Gasteiger charge is 1.93. The van der Waals surface area contributed by atoms with Crippen LogP contribution in [0.2, 0.25) is 0 Å². The summed E-state index contributed by atoms with van der Waals surface area (Å²) in [6.45, 7) is 3.40. The predicted octanol–water partition coefficient (Wildman–Crippen LogP) is 2.71. The van der Waals surface area contributed by atoms with E-state index in [-0.39, 0.29) is 5.97 Å². The molecule has 0 unspecified atom stereocenters. The van der Waals surface area contributed by atoms with Crippen molar-refractivity contribution in [1.29, 1.82) is 0 Å². The number of carbonyl (C=O) groups is 1. The van der Waals surface area contributed by atoms with Crippen molar-refractivity contribution >= 4 is 5.97 Å². The van der Waals surface area contributed by atoms with Gasteiger partial charge in [-0.2, -0.15) is 0 Å². The fourth-order valence-corrected chi connectivity index (χ4v) is 1.29. The zero-order chi connectivity index (χ0) is 12.3. The average Bonchev–Trinajstić information content (AvgIpc) is 2.35. The lowest BCUT2D eigenvalue weighted by Crippen LogP contribution is -1.99. The van der Waals surface area contributed by atoms with Crippen LogP contribution in [0, 0.1) is 0 Å². The highest BCUT2D eigenvalue weighted by molar-refractivity contribution is 5.81. The molecule has 0 fully saturated rings. The van der Waals surface area contributed by atoms with Crippen molar-refractivity contribution in [2.24, 2.45) is 0 Å². The van der Waals surface area contributed by atoms with Crippen molar-refractivity contribution in [2.75, 3.05) is 13.2 Å². The zero-order valence-electron chi connectivity index (χ0n) is 10.1. The van der Waals surface area contributed by atoms with Crippen molar-refractivity contribution in [2.45, 2.75) is 20.0 Å². The van der Waals surface area contributed by atoms with Crippen molar-refractivity contribution in [3.05, 3.63) is 48.0 Å². The second-order valence-corrected chi connectivity index (χ2v) is 3.48. The first-order valence-corrected chi connectivity index (χ1v) is 5.78. The number of carbonyl (C=O) groups excluding carboxylic acids is 1. The van der Waals surface area contributed by atoms with Gasteiger partial charge in [-0.3, -0.25) is 0 Å². The van der Waals surface area contributed by atoms with E-state index < -0.39 is 0 Å². The Morgan fingerprint density at radius 2 is 2.06 bits per heavy atom. The van der Waals surface area contributed by atoms with Gasteiger partial charge in [-0.25, -0.2) is 4.79 Å². The summed E-state index contributed by atoms with van der Waals surface area (Å²) < 4.78 is 10.2. The molecule has 0 amide bonds. The van der Waals surface area contributed by atoms with Gasteiger partial charge in [0.15, 0.2) is 0 Å². The second kappa shape index (κ2) is 8.53. The molecule has 92 valence electrons. The van der Waals surface area contributed by atoms with Crippen LogP contribution in [0.1, 0.15) is 18.9 Å². The summed E-state index contributed by atoms with van der Waals surface area (Å²) in [5.41, 5.74) is 1.15. The Morgan fingerprint density at radius 3 is 2.76 bits per heavy atom. The maximum atomic E-state index is 10.9. The van der Waals surface area contributed by atoms with Gasteiger partial charge in [-0.05, 0) is 18.9 Å². The van der Waals surface area contributed by atoms with Crippen LogP contribution in [0.25, 0.3) is 0 Å². The van der Waals surface area contributed by atoms with Crippen LogP contribution < -0.4 is 0 Å². The number of rotatable bonds is 7. The molecule has 0 heterocycles. The van der Waals surface area contributed by atoms with Gasteiger partial charge in [0, 0.05) is 6.08 Å². The molecule has 0 atom stereocenters. The molecule has 0 saturated carbocycles. The number of esters is 1. The minimum Gasteiger partial charge on any atom is -0.463 e. The molecule has 0 saturated heterocycles. The molecule has 0 aliphatic heterocycles. The van der Waals surface area contributed by atoms with Gasteiger partial charge in [0.2, 0.25) is 0 Å². The van der Waals surface area contributed by atoms with E-state index in [4.69, 9.17) is 9.47 Å². The largest absolute Gasteiger partial charge is 0.463 e.